The second-order valence-electron chi connectivity index (χ2n) is 9.53. The SMILES string of the molecule is COc1nc2c3c(c(Cl)c(-c4ccc(F)c5sc(N)c(C#N)c45)c(F)c3n1)OCCN2C(C#CC(F)(F)F)c1cccnc1N. The number of benzene rings is 2. The molecule has 0 fully saturated rings. The van der Waals surface area contributed by atoms with Gasteiger partial charge in [-0.2, -0.15) is 28.4 Å². The predicted molar refractivity (Wildman–Crippen MR) is 159 cm³/mol. The first kappa shape index (κ1) is 29.9. The lowest BCUT2D eigenvalue weighted by atomic mass is 9.96. The van der Waals surface area contributed by atoms with Crippen molar-refractivity contribution in [3.63, 3.8) is 0 Å². The number of nitrogens with two attached hydrogens (primary N) is 2. The van der Waals surface area contributed by atoms with Crippen LogP contribution in [0.2, 0.25) is 5.02 Å². The second-order valence-corrected chi connectivity index (χ2v) is 11.0. The molecule has 0 amide bonds. The van der Waals surface area contributed by atoms with E-state index < -0.39 is 23.9 Å². The monoisotopic (exact) mass is 657 g/mol. The zero-order valence-corrected chi connectivity index (χ0v) is 24.3. The van der Waals surface area contributed by atoms with Gasteiger partial charge in [0.05, 0.1) is 34.3 Å². The fourth-order valence-corrected chi connectivity index (χ4v) is 6.44. The first-order valence-corrected chi connectivity index (χ1v) is 14.0. The molecule has 228 valence electrons. The second kappa shape index (κ2) is 11.1. The van der Waals surface area contributed by atoms with Crippen LogP contribution in [-0.2, 0) is 0 Å². The van der Waals surface area contributed by atoms with Crippen molar-refractivity contribution in [1.29, 1.82) is 5.26 Å². The van der Waals surface area contributed by atoms with Crippen molar-refractivity contribution in [3.05, 3.63) is 58.2 Å². The van der Waals surface area contributed by atoms with Crippen molar-refractivity contribution < 1.29 is 31.4 Å². The molecule has 2 aromatic carbocycles. The number of anilines is 3. The Morgan fingerprint density at radius 3 is 2.64 bits per heavy atom. The summed E-state index contributed by atoms with van der Waals surface area (Å²) in [5.74, 6) is 1.47. The van der Waals surface area contributed by atoms with E-state index in [9.17, 15) is 22.8 Å². The van der Waals surface area contributed by atoms with E-state index in [2.05, 4.69) is 20.9 Å². The largest absolute Gasteiger partial charge is 0.489 e. The molecular formula is C29H17ClF5N7O2S. The molecule has 0 bridgehead atoms. The highest BCUT2D eigenvalue weighted by molar-refractivity contribution is 7.23. The van der Waals surface area contributed by atoms with Gasteiger partial charge in [0.15, 0.2) is 11.6 Å². The van der Waals surface area contributed by atoms with Gasteiger partial charge in [0.1, 0.15) is 46.7 Å². The molecule has 5 aromatic rings. The first-order chi connectivity index (χ1) is 21.4. The van der Waals surface area contributed by atoms with Crippen molar-refractivity contribution in [1.82, 2.24) is 15.0 Å². The lowest BCUT2D eigenvalue weighted by molar-refractivity contribution is -0.0698. The smallest absolute Gasteiger partial charge is 0.457 e. The maximum Gasteiger partial charge on any atom is 0.457 e. The Kier molecular flexibility index (Phi) is 7.39. The van der Waals surface area contributed by atoms with Crippen LogP contribution < -0.4 is 25.8 Å². The van der Waals surface area contributed by atoms with Crippen molar-refractivity contribution in [3.8, 4) is 40.8 Å². The van der Waals surface area contributed by atoms with E-state index in [1.54, 1.807) is 0 Å². The maximum absolute atomic E-state index is 16.8. The zero-order chi connectivity index (χ0) is 32.2. The molecule has 0 spiro atoms. The molecule has 0 radical (unpaired) electrons. The van der Waals surface area contributed by atoms with Crippen LogP contribution in [0.15, 0.2) is 30.5 Å². The Hall–Kier alpha value is -5.12. The third-order valence-electron chi connectivity index (χ3n) is 7.00. The summed E-state index contributed by atoms with van der Waals surface area (Å²) in [6, 6.07) is 5.48. The van der Waals surface area contributed by atoms with Gasteiger partial charge in [0, 0.05) is 28.6 Å². The van der Waals surface area contributed by atoms with Gasteiger partial charge in [-0.05, 0) is 17.7 Å². The van der Waals surface area contributed by atoms with Gasteiger partial charge in [-0.15, -0.1) is 11.3 Å². The van der Waals surface area contributed by atoms with Crippen molar-refractivity contribution >= 4 is 60.6 Å². The number of alkyl halides is 3. The summed E-state index contributed by atoms with van der Waals surface area (Å²) in [5, 5.41) is 9.47. The van der Waals surface area contributed by atoms with Crippen LogP contribution in [0, 0.1) is 34.8 Å². The van der Waals surface area contributed by atoms with E-state index in [4.69, 9.17) is 32.5 Å². The maximum atomic E-state index is 16.8. The molecule has 4 N–H and O–H groups in total. The number of hydrogen-bond acceptors (Lipinski definition) is 10. The van der Waals surface area contributed by atoms with E-state index in [-0.39, 0.29) is 89.8 Å². The summed E-state index contributed by atoms with van der Waals surface area (Å²) in [7, 11) is 1.22. The minimum absolute atomic E-state index is 0.0103. The normalized spacial score (nSPS) is 13.5. The van der Waals surface area contributed by atoms with Crippen molar-refractivity contribution in [2.24, 2.45) is 0 Å². The molecule has 9 nitrogen and oxygen atoms in total. The number of nitrogens with zero attached hydrogens (tertiary/aromatic N) is 5. The number of aromatic nitrogens is 3. The molecule has 45 heavy (non-hydrogen) atoms. The van der Waals surface area contributed by atoms with E-state index in [1.165, 1.54) is 42.3 Å². The van der Waals surface area contributed by atoms with E-state index >= 15 is 4.39 Å². The molecule has 16 heteroatoms. The van der Waals surface area contributed by atoms with Crippen LogP contribution >= 0.6 is 22.9 Å². The molecule has 4 heterocycles. The average molecular weight is 658 g/mol. The molecule has 1 unspecified atom stereocenters. The molecule has 6 rings (SSSR count). The van der Waals surface area contributed by atoms with Crippen LogP contribution in [0.1, 0.15) is 17.2 Å². The lowest BCUT2D eigenvalue weighted by Gasteiger charge is -2.29. The summed E-state index contributed by atoms with van der Waals surface area (Å²) < 4.78 is 82.8. The average Bonchev–Trinajstić information content (AvgIpc) is 3.23. The lowest BCUT2D eigenvalue weighted by Crippen LogP contribution is -2.32. The Bertz CT molecular complexity index is 2140. The highest BCUT2D eigenvalue weighted by Crippen LogP contribution is 2.51. The minimum Gasteiger partial charge on any atom is -0.489 e. The number of hydrogen-bond donors (Lipinski definition) is 2. The fraction of sp³-hybridized carbons (Fsp3) is 0.172. The molecule has 3 aromatic heterocycles. The summed E-state index contributed by atoms with van der Waals surface area (Å²) in [6.07, 6.45) is -3.49. The van der Waals surface area contributed by atoms with Gasteiger partial charge in [0.25, 0.3) is 0 Å². The molecule has 1 aliphatic rings. The first-order valence-electron chi connectivity index (χ1n) is 12.8. The number of nitriles is 1. The molecule has 0 saturated carbocycles. The molecule has 1 aliphatic heterocycles. The van der Waals surface area contributed by atoms with Crippen LogP contribution in [0.3, 0.4) is 0 Å². The summed E-state index contributed by atoms with van der Waals surface area (Å²) in [4.78, 5) is 13.9. The third-order valence-corrected chi connectivity index (χ3v) is 8.39. The van der Waals surface area contributed by atoms with E-state index in [0.29, 0.717) is 0 Å². The Balaban J connectivity index is 1.69. The van der Waals surface area contributed by atoms with Crippen LogP contribution in [-0.4, -0.2) is 41.4 Å². The molecular weight excluding hydrogens is 641 g/mol. The predicted octanol–water partition coefficient (Wildman–Crippen LogP) is 6.39. The van der Waals surface area contributed by atoms with Crippen LogP contribution in [0.25, 0.3) is 32.1 Å². The quantitative estimate of drug-likeness (QED) is 0.166. The number of methoxy groups -OCH3 is 1. The standard InChI is InChI=1S/C29H17ClF5N7O2S/c1-43-28-40-22-19-23(20(30)18(21(22)32)13-4-5-15(31)24-17(13)14(11-36)26(38)45-24)44-10-9-42(27(19)41-28)16(6-7-29(33,34)35)12-3-2-8-39-25(12)37/h2-5,8,16H,9-10,38H2,1H3,(H2,37,39). The number of rotatable bonds is 4. The van der Waals surface area contributed by atoms with Crippen LogP contribution in [0.5, 0.6) is 11.8 Å². The number of ether oxygens (including phenoxy) is 2. The number of thiophene rings is 1. The minimum atomic E-state index is -4.85. The summed E-state index contributed by atoms with van der Waals surface area (Å²) in [5.41, 5.74) is 11.5. The Labute approximate surface area is 259 Å². The Morgan fingerprint density at radius 1 is 1.18 bits per heavy atom. The number of fused-ring (bicyclic) bond motifs is 1. The molecule has 0 saturated heterocycles. The third kappa shape index (κ3) is 5.00. The highest BCUT2D eigenvalue weighted by Gasteiger charge is 2.35. The van der Waals surface area contributed by atoms with E-state index in [0.717, 1.165) is 17.4 Å². The summed E-state index contributed by atoms with van der Waals surface area (Å²) >= 11 is 7.65. The number of pyridine rings is 1. The van der Waals surface area contributed by atoms with Crippen LogP contribution in [0.4, 0.5) is 38.6 Å². The molecule has 0 aliphatic carbocycles. The Morgan fingerprint density at radius 2 is 1.96 bits per heavy atom. The van der Waals surface area contributed by atoms with Gasteiger partial charge in [-0.3, -0.25) is 0 Å². The van der Waals surface area contributed by atoms with E-state index in [1.807, 2.05) is 6.07 Å². The number of nitrogen functional groups attached to an aromatic ring is 2. The van der Waals surface area contributed by atoms with Gasteiger partial charge >= 0.3 is 12.2 Å². The van der Waals surface area contributed by atoms with Gasteiger partial charge < -0.3 is 25.8 Å². The van der Waals surface area contributed by atoms with Gasteiger partial charge in [0.2, 0.25) is 0 Å². The summed E-state index contributed by atoms with van der Waals surface area (Å²) in [6.45, 7) is -0.306. The van der Waals surface area contributed by atoms with Gasteiger partial charge in [-0.1, -0.05) is 29.7 Å². The van der Waals surface area contributed by atoms with Crippen molar-refractivity contribution in [2.75, 3.05) is 36.6 Å². The topological polar surface area (TPSA) is 136 Å². The zero-order valence-electron chi connectivity index (χ0n) is 22.8. The fourth-order valence-electron chi connectivity index (χ4n) is 5.15. The number of halogens is 6. The molecule has 1 atom stereocenters. The highest BCUT2D eigenvalue weighted by atomic mass is 35.5. The van der Waals surface area contributed by atoms with Crippen molar-refractivity contribution in [2.45, 2.75) is 12.2 Å². The van der Waals surface area contributed by atoms with Gasteiger partial charge in [-0.25, -0.2) is 13.8 Å².